The molecule has 0 amide bonds. The largest absolute Gasteiger partial charge is 0.493 e. The Hall–Kier alpha value is -3.12. The van der Waals surface area contributed by atoms with Gasteiger partial charge in [-0.2, -0.15) is 0 Å². The van der Waals surface area contributed by atoms with Gasteiger partial charge < -0.3 is 4.74 Å². The van der Waals surface area contributed by atoms with Crippen molar-refractivity contribution in [2.24, 2.45) is 0 Å². The summed E-state index contributed by atoms with van der Waals surface area (Å²) in [5, 5.41) is 9.78. The van der Waals surface area contributed by atoms with Crippen LogP contribution in [0.3, 0.4) is 0 Å². The fourth-order valence-corrected chi connectivity index (χ4v) is 3.77. The van der Waals surface area contributed by atoms with Gasteiger partial charge in [0.05, 0.1) is 13.2 Å². The summed E-state index contributed by atoms with van der Waals surface area (Å²) < 4.78 is 8.03. The molecule has 0 fully saturated rings. The summed E-state index contributed by atoms with van der Waals surface area (Å²) in [6.07, 6.45) is 3.55. The number of rotatable bonds is 8. The Morgan fingerprint density at radius 1 is 0.931 bits per heavy atom. The molecule has 0 radical (unpaired) electrons. The van der Waals surface area contributed by atoms with Crippen molar-refractivity contribution < 1.29 is 4.74 Å². The lowest BCUT2D eigenvalue weighted by molar-refractivity contribution is 0.343. The second-order valence-corrected chi connectivity index (χ2v) is 7.69. The van der Waals surface area contributed by atoms with E-state index in [1.807, 2.05) is 48.5 Å². The molecule has 0 aliphatic rings. The van der Waals surface area contributed by atoms with Crippen LogP contribution < -0.4 is 4.74 Å². The van der Waals surface area contributed by atoms with Crippen molar-refractivity contribution in [1.29, 1.82) is 0 Å². The summed E-state index contributed by atoms with van der Waals surface area (Å²) in [7, 11) is 0. The first-order valence-electron chi connectivity index (χ1n) is 9.49. The predicted octanol–water partition coefficient (Wildman–Crippen LogP) is 4.87. The molecule has 0 aliphatic carbocycles. The third-order valence-corrected chi connectivity index (χ3v) is 5.34. The molecule has 0 saturated carbocycles. The summed E-state index contributed by atoms with van der Waals surface area (Å²) in [6.45, 7) is 3.39. The number of ether oxygens (including phenoxy) is 1. The van der Waals surface area contributed by atoms with Gasteiger partial charge in [-0.1, -0.05) is 54.2 Å². The van der Waals surface area contributed by atoms with E-state index in [-0.39, 0.29) is 0 Å². The fraction of sp³-hybridized carbons (Fsp3) is 0.174. The fourth-order valence-electron chi connectivity index (χ4n) is 3.02. The molecule has 2 heterocycles. The van der Waals surface area contributed by atoms with Gasteiger partial charge in [-0.3, -0.25) is 9.55 Å². The molecular formula is C23H22N4OS. The van der Waals surface area contributed by atoms with Crippen LogP contribution in [0.5, 0.6) is 5.75 Å². The van der Waals surface area contributed by atoms with Gasteiger partial charge in [-0.05, 0) is 42.3 Å². The Labute approximate surface area is 174 Å². The van der Waals surface area contributed by atoms with Crippen molar-refractivity contribution in [2.75, 3.05) is 12.4 Å². The molecule has 2 aromatic heterocycles. The van der Waals surface area contributed by atoms with Crippen molar-refractivity contribution >= 4 is 11.8 Å². The van der Waals surface area contributed by atoms with Crippen molar-refractivity contribution in [2.45, 2.75) is 18.6 Å². The number of hydrogen-bond acceptors (Lipinski definition) is 5. The summed E-state index contributed by atoms with van der Waals surface area (Å²) in [5.74, 6) is 2.53. The molecule has 29 heavy (non-hydrogen) atoms. The standard InChI is InChI=1S/C23H22N4OS/c1-18-6-5-9-21(16-18)28-14-15-29-23-26-25-22(20-10-12-24-13-11-20)27(23)17-19-7-3-2-4-8-19/h2-13,16H,14-15,17H2,1H3. The Bertz CT molecular complexity index is 1050. The van der Waals surface area contributed by atoms with Gasteiger partial charge in [0.15, 0.2) is 11.0 Å². The zero-order valence-corrected chi connectivity index (χ0v) is 17.0. The summed E-state index contributed by atoms with van der Waals surface area (Å²) in [5.41, 5.74) is 3.41. The SMILES string of the molecule is Cc1cccc(OCCSc2nnc(-c3ccncc3)n2Cc2ccccc2)c1. The number of aromatic nitrogens is 4. The highest BCUT2D eigenvalue weighted by atomic mass is 32.2. The molecule has 2 aromatic carbocycles. The first-order valence-corrected chi connectivity index (χ1v) is 10.5. The van der Waals surface area contributed by atoms with E-state index < -0.39 is 0 Å². The smallest absolute Gasteiger partial charge is 0.191 e. The van der Waals surface area contributed by atoms with Crippen LogP contribution in [0.1, 0.15) is 11.1 Å². The molecule has 0 N–H and O–H groups in total. The normalized spacial score (nSPS) is 10.8. The molecule has 5 nitrogen and oxygen atoms in total. The van der Waals surface area contributed by atoms with E-state index in [1.54, 1.807) is 24.2 Å². The maximum Gasteiger partial charge on any atom is 0.191 e. The second kappa shape index (κ2) is 9.39. The highest BCUT2D eigenvalue weighted by Gasteiger charge is 2.14. The summed E-state index contributed by atoms with van der Waals surface area (Å²) in [4.78, 5) is 4.11. The number of pyridine rings is 1. The van der Waals surface area contributed by atoms with Gasteiger partial charge >= 0.3 is 0 Å². The molecule has 146 valence electrons. The average Bonchev–Trinajstić information content (AvgIpc) is 3.15. The number of benzene rings is 2. The minimum Gasteiger partial charge on any atom is -0.493 e. The maximum atomic E-state index is 5.87. The molecule has 0 spiro atoms. The maximum absolute atomic E-state index is 5.87. The van der Waals surface area contributed by atoms with Crippen LogP contribution in [0.4, 0.5) is 0 Å². The Kier molecular flexibility index (Phi) is 6.22. The van der Waals surface area contributed by atoms with Gasteiger partial charge in [0.25, 0.3) is 0 Å². The Balaban J connectivity index is 1.49. The monoisotopic (exact) mass is 402 g/mol. The molecule has 0 atom stereocenters. The Morgan fingerprint density at radius 2 is 1.76 bits per heavy atom. The number of aryl methyl sites for hydroxylation is 1. The Morgan fingerprint density at radius 3 is 2.55 bits per heavy atom. The van der Waals surface area contributed by atoms with Gasteiger partial charge in [-0.25, -0.2) is 0 Å². The zero-order chi connectivity index (χ0) is 19.9. The van der Waals surface area contributed by atoms with E-state index in [2.05, 4.69) is 44.9 Å². The van der Waals surface area contributed by atoms with Crippen LogP contribution in [0.15, 0.2) is 84.3 Å². The molecule has 0 unspecified atom stereocenters. The van der Waals surface area contributed by atoms with Gasteiger partial charge in [0, 0.05) is 23.7 Å². The van der Waals surface area contributed by atoms with Crippen molar-refractivity contribution in [1.82, 2.24) is 19.7 Å². The molecule has 0 saturated heterocycles. The van der Waals surface area contributed by atoms with Gasteiger partial charge in [0.1, 0.15) is 5.75 Å². The minimum absolute atomic E-state index is 0.608. The highest BCUT2D eigenvalue weighted by molar-refractivity contribution is 7.99. The first kappa shape index (κ1) is 19.2. The van der Waals surface area contributed by atoms with E-state index in [0.29, 0.717) is 13.2 Å². The number of nitrogens with zero attached hydrogens (tertiary/aromatic N) is 4. The van der Waals surface area contributed by atoms with Crippen molar-refractivity contribution in [3.8, 4) is 17.1 Å². The van der Waals surface area contributed by atoms with E-state index in [0.717, 1.165) is 28.0 Å². The summed E-state index contributed by atoms with van der Waals surface area (Å²) >= 11 is 1.65. The minimum atomic E-state index is 0.608. The topological polar surface area (TPSA) is 52.8 Å². The van der Waals surface area contributed by atoms with Crippen LogP contribution >= 0.6 is 11.8 Å². The van der Waals surface area contributed by atoms with Crippen molar-refractivity contribution in [3.05, 3.63) is 90.3 Å². The molecule has 4 rings (SSSR count). The van der Waals surface area contributed by atoms with E-state index in [9.17, 15) is 0 Å². The number of thioether (sulfide) groups is 1. The van der Waals surface area contributed by atoms with Gasteiger partial charge in [0.2, 0.25) is 0 Å². The highest BCUT2D eigenvalue weighted by Crippen LogP contribution is 2.25. The van der Waals surface area contributed by atoms with E-state index >= 15 is 0 Å². The predicted molar refractivity (Wildman–Crippen MR) is 116 cm³/mol. The van der Waals surface area contributed by atoms with E-state index in [4.69, 9.17) is 4.74 Å². The summed E-state index contributed by atoms with van der Waals surface area (Å²) in [6, 6.07) is 22.4. The van der Waals surface area contributed by atoms with Gasteiger partial charge in [-0.15, -0.1) is 10.2 Å². The average molecular weight is 403 g/mol. The number of hydrogen-bond donors (Lipinski definition) is 0. The van der Waals surface area contributed by atoms with Crippen LogP contribution in [-0.4, -0.2) is 32.1 Å². The van der Waals surface area contributed by atoms with Crippen molar-refractivity contribution in [3.63, 3.8) is 0 Å². The van der Waals surface area contributed by atoms with Crippen LogP contribution in [0.2, 0.25) is 0 Å². The van der Waals surface area contributed by atoms with E-state index in [1.165, 1.54) is 11.1 Å². The van der Waals surface area contributed by atoms with Crippen LogP contribution in [0, 0.1) is 6.92 Å². The molecular weight excluding hydrogens is 380 g/mol. The molecule has 4 aromatic rings. The lowest BCUT2D eigenvalue weighted by atomic mass is 10.2. The zero-order valence-electron chi connectivity index (χ0n) is 16.2. The third-order valence-electron chi connectivity index (χ3n) is 4.41. The van der Waals surface area contributed by atoms with Crippen LogP contribution in [-0.2, 0) is 6.54 Å². The molecule has 6 heteroatoms. The first-order chi connectivity index (χ1) is 14.3. The third kappa shape index (κ3) is 5.03. The molecule has 0 aliphatic heterocycles. The molecule has 0 bridgehead atoms. The van der Waals surface area contributed by atoms with Crippen LogP contribution in [0.25, 0.3) is 11.4 Å². The lowest BCUT2D eigenvalue weighted by Crippen LogP contribution is -2.06. The second-order valence-electron chi connectivity index (χ2n) is 6.63. The lowest BCUT2D eigenvalue weighted by Gasteiger charge is -2.11. The quantitative estimate of drug-likeness (QED) is 0.311.